The Morgan fingerprint density at radius 2 is 1.48 bits per heavy atom. The standard InChI is InChI=1S/C41H66O13/c1-21(2)36(51-34(47)20-31(45)35-27(8)39(48)52-40(35)49)38(50-10)32(46)19-30(44)26(7)29(43)13-11-24(5)37-25(6)16-18-41(54-37)17-15-23(4)33(53-41)14-12-22(3)28(9)42/h21-26,29,31-33,36-38,43,45-46H,11-20H2,1-10H3/t22-,23+,24-,25-,26+,29-,31+,32+,33-,36+,37-,38-,41+/m0/s1/i12+1,15+1,24+1,25+1,26+1,27+1. The number of ketones is 2. The zero-order valence-electron chi connectivity index (χ0n) is 34.0. The quantitative estimate of drug-likeness (QED) is 0.0871. The van der Waals surface area contributed by atoms with E-state index in [1.54, 1.807) is 27.7 Å². The summed E-state index contributed by atoms with van der Waals surface area (Å²) in [7, 11) is 1.32. The van der Waals surface area contributed by atoms with Gasteiger partial charge in [-0.2, -0.15) is 0 Å². The van der Waals surface area contributed by atoms with Gasteiger partial charge in [-0.15, -0.1) is 0 Å². The van der Waals surface area contributed by atoms with E-state index in [2.05, 4.69) is 25.5 Å². The lowest BCUT2D eigenvalue weighted by molar-refractivity contribution is -0.338. The number of ether oxygens (including phenoxy) is 5. The molecule has 308 valence electrons. The van der Waals surface area contributed by atoms with Crippen LogP contribution in [0.4, 0.5) is 0 Å². The Morgan fingerprint density at radius 1 is 0.852 bits per heavy atom. The van der Waals surface area contributed by atoms with E-state index >= 15 is 0 Å². The number of Topliss-reactive ketones (excluding diaryl/α,β-unsaturated/α-hetero) is 2. The van der Waals surface area contributed by atoms with Crippen LogP contribution >= 0.6 is 0 Å². The van der Waals surface area contributed by atoms with Crippen LogP contribution in [0.15, 0.2) is 11.1 Å². The zero-order chi connectivity index (χ0) is 40.7. The molecule has 0 aliphatic carbocycles. The Balaban J connectivity index is 1.54. The second-order valence-corrected chi connectivity index (χ2v) is 16.8. The van der Waals surface area contributed by atoms with Crippen LogP contribution in [0.3, 0.4) is 0 Å². The maximum atomic E-state index is 13.3. The van der Waals surface area contributed by atoms with Crippen molar-refractivity contribution < 1.29 is 63.0 Å². The molecule has 0 aromatic heterocycles. The van der Waals surface area contributed by atoms with E-state index in [4.69, 9.17) is 18.9 Å². The highest BCUT2D eigenvalue weighted by atomic mass is 16.7. The molecule has 0 amide bonds. The number of methoxy groups -OCH3 is 1. The van der Waals surface area contributed by atoms with Gasteiger partial charge in [0.2, 0.25) is 0 Å². The lowest BCUT2D eigenvalue weighted by Gasteiger charge is -2.51. The van der Waals surface area contributed by atoms with Gasteiger partial charge in [-0.3, -0.25) is 14.4 Å². The maximum Gasteiger partial charge on any atom is 0.345 e. The van der Waals surface area contributed by atoms with Gasteiger partial charge in [0.15, 0.2) is 5.79 Å². The first-order valence-electron chi connectivity index (χ1n) is 19.8. The molecular weight excluding hydrogens is 706 g/mol. The minimum Gasteiger partial charge on any atom is -0.459 e. The van der Waals surface area contributed by atoms with Crippen LogP contribution in [0.1, 0.15) is 127 Å². The third kappa shape index (κ3) is 11.7. The summed E-state index contributed by atoms with van der Waals surface area (Å²) < 4.78 is 29.1. The van der Waals surface area contributed by atoms with E-state index in [1.165, 1.54) is 14.0 Å². The largest absolute Gasteiger partial charge is 0.459 e. The van der Waals surface area contributed by atoms with Gasteiger partial charge in [0.05, 0.1) is 42.5 Å². The average Bonchev–Trinajstić information content (AvgIpc) is 3.37. The van der Waals surface area contributed by atoms with Crippen molar-refractivity contribution in [3.05, 3.63) is 11.1 Å². The number of esters is 3. The van der Waals surface area contributed by atoms with E-state index in [0.29, 0.717) is 18.8 Å². The van der Waals surface area contributed by atoms with Crippen LogP contribution in [0.2, 0.25) is 0 Å². The van der Waals surface area contributed by atoms with Crippen molar-refractivity contribution in [2.24, 2.45) is 35.5 Å². The molecule has 3 aliphatic heterocycles. The zero-order valence-corrected chi connectivity index (χ0v) is 34.0. The van der Waals surface area contributed by atoms with Gasteiger partial charge in [-0.05, 0) is 76.0 Å². The first kappa shape index (κ1) is 45.8. The number of aliphatic hydroxyl groups is 3. The number of hydrogen-bond donors (Lipinski definition) is 3. The Kier molecular flexibility index (Phi) is 17.0. The Labute approximate surface area is 320 Å². The molecule has 13 nitrogen and oxygen atoms in total. The number of rotatable bonds is 20. The van der Waals surface area contributed by atoms with Gasteiger partial charge in [-0.1, -0.05) is 48.5 Å². The maximum absolute atomic E-state index is 13.3. The number of hydrogen-bond acceptors (Lipinski definition) is 13. The average molecular weight is 773 g/mol. The van der Waals surface area contributed by atoms with Crippen molar-refractivity contribution in [2.45, 2.75) is 175 Å². The molecule has 3 rings (SSSR count). The van der Waals surface area contributed by atoms with E-state index in [-0.39, 0.29) is 65.0 Å². The topological polar surface area (TPSA) is 192 Å². The summed E-state index contributed by atoms with van der Waals surface area (Å²) in [5.41, 5.74) is -0.403. The second-order valence-electron chi connectivity index (χ2n) is 16.8. The lowest BCUT2D eigenvalue weighted by Crippen LogP contribution is -2.53. The molecular formula is C41H66O13. The van der Waals surface area contributed by atoms with Crippen molar-refractivity contribution in [3.8, 4) is 0 Å². The second kappa shape index (κ2) is 20.0. The molecule has 13 atom stereocenters. The summed E-state index contributed by atoms with van der Waals surface area (Å²) in [4.78, 5) is 61.6. The summed E-state index contributed by atoms with van der Waals surface area (Å²) in [5.74, 6) is -4.07. The van der Waals surface area contributed by atoms with Crippen LogP contribution in [0.25, 0.3) is 0 Å². The molecule has 0 aromatic carbocycles. The fraction of sp³-hybridized carbons (Fsp3) is 0.829. The van der Waals surface area contributed by atoms with Gasteiger partial charge in [0.1, 0.15) is 23.8 Å². The first-order valence-corrected chi connectivity index (χ1v) is 19.8. The summed E-state index contributed by atoms with van der Waals surface area (Å²) in [6.07, 6.45) is -1.03. The van der Waals surface area contributed by atoms with Gasteiger partial charge in [-0.25, -0.2) is 9.59 Å². The van der Waals surface area contributed by atoms with Crippen molar-refractivity contribution in [1.29, 1.82) is 0 Å². The van der Waals surface area contributed by atoms with Gasteiger partial charge in [0.25, 0.3) is 0 Å². The van der Waals surface area contributed by atoms with Crippen molar-refractivity contribution in [1.82, 2.24) is 0 Å². The molecule has 3 aliphatic rings. The molecule has 3 heterocycles. The minimum absolute atomic E-state index is 0.00210. The number of carbonyl (C=O) groups is 5. The third-order valence-electron chi connectivity index (χ3n) is 12.1. The highest BCUT2D eigenvalue weighted by Gasteiger charge is 2.48. The van der Waals surface area contributed by atoms with Crippen LogP contribution in [-0.2, 0) is 47.7 Å². The van der Waals surface area contributed by atoms with Gasteiger partial charge in [0, 0.05) is 43.8 Å². The van der Waals surface area contributed by atoms with Gasteiger partial charge < -0.3 is 39.0 Å². The lowest BCUT2D eigenvalue weighted by atomic mass is 9.94. The molecule has 3 N–H and O–H groups in total. The number of carbonyl (C=O) groups excluding carboxylic acids is 5. The smallest absolute Gasteiger partial charge is 0.345 e. The molecule has 0 aromatic rings. The summed E-state index contributed by atoms with van der Waals surface area (Å²) in [5, 5.41) is 32.7. The predicted molar refractivity (Wildman–Crippen MR) is 197 cm³/mol. The molecule has 2 fully saturated rings. The summed E-state index contributed by atoms with van der Waals surface area (Å²) in [6.45, 7) is 16.5. The molecule has 2 saturated heterocycles. The normalized spacial score (nSPS) is 29.3. The Hall–Kier alpha value is -2.55. The molecule has 0 saturated carbocycles. The molecule has 0 unspecified atom stereocenters. The van der Waals surface area contributed by atoms with E-state index < -0.39 is 66.6 Å². The van der Waals surface area contributed by atoms with E-state index in [0.717, 1.165) is 38.5 Å². The third-order valence-corrected chi connectivity index (χ3v) is 12.1. The summed E-state index contributed by atoms with van der Waals surface area (Å²) >= 11 is 0. The van der Waals surface area contributed by atoms with Gasteiger partial charge >= 0.3 is 17.9 Å². The van der Waals surface area contributed by atoms with Crippen molar-refractivity contribution in [3.63, 3.8) is 0 Å². The minimum atomic E-state index is -1.63. The predicted octanol–water partition coefficient (Wildman–Crippen LogP) is 4.79. The fourth-order valence-corrected chi connectivity index (χ4v) is 8.02. The SMILES string of the molecule is CO[C@@H]([C@H](O)CC(=O)[13C@H](C)[C@@H](O)CC[13C@H](C)[C@@H]1O[C@@]2(CC[13C@@H]1C)C[13CH2][C@@H](C)[C@H](C[13CH2][C@H](C)C(C)=O)O2)[C@H](OC(=O)C[C@@H](O)C1=[13C](C)C(=O)OC1=O)C(C)C. The molecule has 0 bridgehead atoms. The summed E-state index contributed by atoms with van der Waals surface area (Å²) in [6, 6.07) is 0. The first-order chi connectivity index (χ1) is 25.2. The molecule has 1 spiro atoms. The molecule has 0 radical (unpaired) electrons. The fourth-order valence-electron chi connectivity index (χ4n) is 8.02. The number of cyclic esters (lactones) is 2. The van der Waals surface area contributed by atoms with E-state index in [1.807, 2.05) is 6.92 Å². The van der Waals surface area contributed by atoms with Crippen LogP contribution in [0, 0.1) is 35.5 Å². The highest BCUT2D eigenvalue weighted by molar-refractivity contribution is 6.12. The van der Waals surface area contributed by atoms with Crippen LogP contribution in [-0.4, -0.2) is 100 Å². The monoisotopic (exact) mass is 772 g/mol. The highest BCUT2D eigenvalue weighted by Crippen LogP contribution is 2.45. The Bertz CT molecular complexity index is 1350. The van der Waals surface area contributed by atoms with Crippen LogP contribution < -0.4 is 0 Å². The molecule has 54 heavy (non-hydrogen) atoms. The van der Waals surface area contributed by atoms with Crippen molar-refractivity contribution in [2.75, 3.05) is 7.11 Å². The Morgan fingerprint density at radius 3 is 2.04 bits per heavy atom. The molecule has 13 heteroatoms. The van der Waals surface area contributed by atoms with Crippen molar-refractivity contribution >= 4 is 29.5 Å². The van der Waals surface area contributed by atoms with Crippen LogP contribution in [0.5, 0.6) is 0 Å². The van der Waals surface area contributed by atoms with E-state index in [9.17, 15) is 39.3 Å². The number of aliphatic hydroxyl groups excluding tert-OH is 3.